The van der Waals surface area contributed by atoms with Gasteiger partial charge in [-0.15, -0.1) is 0 Å². The molecular weight excluding hydrogens is 426 g/mol. The molecule has 2 heterocycles. The number of rotatable bonds is 6. The Labute approximate surface area is 176 Å². The van der Waals surface area contributed by atoms with Gasteiger partial charge in [-0.2, -0.15) is 0 Å². The number of nitrogens with zero attached hydrogens (tertiary/aromatic N) is 1. The van der Waals surface area contributed by atoms with E-state index < -0.39 is 53.7 Å². The summed E-state index contributed by atoms with van der Waals surface area (Å²) in [4.78, 5) is 50.7. The Morgan fingerprint density at radius 1 is 0.966 bits per heavy atom. The molecule has 0 unspecified atom stereocenters. The topological polar surface area (TPSA) is 127 Å². The number of carbonyl (C=O) groups excluding carboxylic acids is 4. The van der Waals surface area contributed by atoms with Crippen molar-refractivity contribution < 1.29 is 42.9 Å². The van der Waals surface area contributed by atoms with Crippen LogP contribution < -0.4 is 0 Å². The summed E-state index contributed by atoms with van der Waals surface area (Å²) < 4.78 is 27.8. The monoisotopic (exact) mass is 449 g/mol. The highest BCUT2D eigenvalue weighted by Crippen LogP contribution is 2.37. The molecule has 0 bridgehead atoms. The lowest BCUT2D eigenvalue weighted by atomic mass is 9.99. The maximum Gasteiger partial charge on any atom is 0.303 e. The van der Waals surface area contributed by atoms with Gasteiger partial charge in [0.2, 0.25) is 0 Å². The fraction of sp³-hybridized carbons (Fsp3) is 0.706. The highest BCUT2D eigenvalue weighted by molar-refractivity contribution is 8.39. The Bertz CT molecular complexity index is 684. The van der Waals surface area contributed by atoms with Gasteiger partial charge in [0, 0.05) is 33.4 Å². The summed E-state index contributed by atoms with van der Waals surface area (Å²) in [5.74, 6) is -1.68. The number of aliphatic imine (C=N–C) groups is 1. The summed E-state index contributed by atoms with van der Waals surface area (Å²) in [5.41, 5.74) is -0.819. The lowest BCUT2D eigenvalue weighted by Crippen LogP contribution is -2.61. The van der Waals surface area contributed by atoms with Gasteiger partial charge >= 0.3 is 23.9 Å². The van der Waals surface area contributed by atoms with Gasteiger partial charge in [0.25, 0.3) is 0 Å². The van der Waals surface area contributed by atoms with Crippen LogP contribution >= 0.6 is 23.5 Å². The molecule has 162 valence electrons. The minimum absolute atomic E-state index is 0.242. The number of thioether (sulfide) groups is 2. The van der Waals surface area contributed by atoms with E-state index in [1.165, 1.54) is 51.2 Å². The van der Waals surface area contributed by atoms with E-state index in [1.54, 1.807) is 0 Å². The Hall–Kier alpha value is -1.79. The minimum atomic E-state index is -1.15. The molecule has 0 amide bonds. The second-order valence-electron chi connectivity index (χ2n) is 6.18. The molecule has 0 saturated carbocycles. The molecule has 0 N–H and O–H groups in total. The summed E-state index contributed by atoms with van der Waals surface area (Å²) in [5, 5.41) is 0. The van der Waals surface area contributed by atoms with Gasteiger partial charge in [-0.05, 0) is 0 Å². The third kappa shape index (κ3) is 7.19. The van der Waals surface area contributed by atoms with E-state index in [4.69, 9.17) is 23.7 Å². The second-order valence-corrected chi connectivity index (χ2v) is 8.61. The van der Waals surface area contributed by atoms with Gasteiger partial charge < -0.3 is 23.7 Å². The number of ether oxygens (including phenoxy) is 5. The molecule has 0 radical (unpaired) electrons. The van der Waals surface area contributed by atoms with Crippen LogP contribution in [0.4, 0.5) is 0 Å². The summed E-state index contributed by atoms with van der Waals surface area (Å²) in [6.45, 7) is 5.21. The van der Waals surface area contributed by atoms with Crippen molar-refractivity contribution in [2.24, 2.45) is 4.99 Å². The summed E-state index contributed by atoms with van der Waals surface area (Å²) in [7, 11) is 0. The molecule has 0 aromatic carbocycles. The van der Waals surface area contributed by atoms with Gasteiger partial charge in [-0.25, -0.2) is 0 Å². The first kappa shape index (κ1) is 23.5. The zero-order valence-corrected chi connectivity index (χ0v) is 18.1. The van der Waals surface area contributed by atoms with Gasteiger partial charge in [-0.3, -0.25) is 24.2 Å². The highest BCUT2D eigenvalue weighted by atomic mass is 32.2. The van der Waals surface area contributed by atoms with Crippen molar-refractivity contribution in [2.45, 2.75) is 57.5 Å². The summed E-state index contributed by atoms with van der Waals surface area (Å²) in [6, 6.07) is 0. The van der Waals surface area contributed by atoms with Crippen molar-refractivity contribution >= 4 is 51.8 Å². The van der Waals surface area contributed by atoms with Crippen molar-refractivity contribution in [3.63, 3.8) is 0 Å². The molecule has 0 aromatic rings. The molecule has 5 atom stereocenters. The van der Waals surface area contributed by atoms with Gasteiger partial charge in [-0.1, -0.05) is 23.5 Å². The van der Waals surface area contributed by atoms with Crippen LogP contribution in [0.15, 0.2) is 4.99 Å². The fourth-order valence-corrected chi connectivity index (χ4v) is 5.02. The first-order valence-corrected chi connectivity index (χ1v) is 10.7. The molecular formula is C17H23NO9S2. The SMILES string of the molecule is CC(=O)OC[C@H]1O[C@@H](SC2=NCCS2)[C@H](OC(C)=O)[C@@H](OC(C)=O)[C@@H]1OC(C)=O. The lowest BCUT2D eigenvalue weighted by Gasteiger charge is -2.44. The van der Waals surface area contributed by atoms with E-state index in [-0.39, 0.29) is 6.61 Å². The fourth-order valence-electron chi connectivity index (χ4n) is 2.77. The molecule has 12 heteroatoms. The van der Waals surface area contributed by atoms with Crippen LogP contribution in [0.1, 0.15) is 27.7 Å². The van der Waals surface area contributed by atoms with E-state index in [0.717, 1.165) is 10.1 Å². The van der Waals surface area contributed by atoms with Crippen LogP contribution in [0.5, 0.6) is 0 Å². The Morgan fingerprint density at radius 2 is 1.55 bits per heavy atom. The molecule has 1 fully saturated rings. The molecule has 0 spiro atoms. The second kappa shape index (κ2) is 10.8. The predicted octanol–water partition coefficient (Wildman–Crippen LogP) is 0.905. The van der Waals surface area contributed by atoms with Gasteiger partial charge in [0.15, 0.2) is 23.7 Å². The lowest BCUT2D eigenvalue weighted by molar-refractivity contribution is -0.237. The molecule has 0 aliphatic carbocycles. The highest BCUT2D eigenvalue weighted by Gasteiger charge is 2.52. The number of carbonyl (C=O) groups is 4. The average Bonchev–Trinajstić information content (AvgIpc) is 3.10. The van der Waals surface area contributed by atoms with Crippen molar-refractivity contribution in [1.82, 2.24) is 0 Å². The third-order valence-electron chi connectivity index (χ3n) is 3.72. The molecule has 29 heavy (non-hydrogen) atoms. The molecule has 2 aliphatic heterocycles. The van der Waals surface area contributed by atoms with E-state index >= 15 is 0 Å². The van der Waals surface area contributed by atoms with E-state index in [1.807, 2.05) is 0 Å². The van der Waals surface area contributed by atoms with E-state index in [9.17, 15) is 19.2 Å². The molecule has 1 saturated heterocycles. The van der Waals surface area contributed by atoms with Gasteiger partial charge in [0.1, 0.15) is 17.1 Å². The summed E-state index contributed by atoms with van der Waals surface area (Å²) in [6.07, 6.45) is -4.30. The predicted molar refractivity (Wildman–Crippen MR) is 104 cm³/mol. The third-order valence-corrected chi connectivity index (χ3v) is 6.07. The van der Waals surface area contributed by atoms with Crippen LogP contribution in [0.25, 0.3) is 0 Å². The molecule has 2 aliphatic rings. The van der Waals surface area contributed by atoms with Crippen LogP contribution in [0.2, 0.25) is 0 Å². The Balaban J connectivity index is 2.37. The zero-order valence-electron chi connectivity index (χ0n) is 16.4. The van der Waals surface area contributed by atoms with Crippen molar-refractivity contribution in [1.29, 1.82) is 0 Å². The standard InChI is InChI=1S/C17H23NO9S2/c1-8(19)23-7-12-13(24-9(2)20)14(25-10(3)21)15(26-11(4)22)16(27-12)29-17-18-5-6-28-17/h12-16H,5-7H2,1-4H3/t12-,13-,14+,15-,16+/m1/s1. The van der Waals surface area contributed by atoms with Gasteiger partial charge in [0.05, 0.1) is 6.54 Å². The van der Waals surface area contributed by atoms with E-state index in [2.05, 4.69) is 4.99 Å². The smallest absolute Gasteiger partial charge is 0.303 e. The Morgan fingerprint density at radius 3 is 2.07 bits per heavy atom. The number of hydrogen-bond acceptors (Lipinski definition) is 12. The zero-order chi connectivity index (χ0) is 21.6. The molecule has 0 aromatic heterocycles. The van der Waals surface area contributed by atoms with Crippen molar-refractivity contribution in [3.05, 3.63) is 0 Å². The molecule has 10 nitrogen and oxygen atoms in total. The normalized spacial score (nSPS) is 28.8. The first-order chi connectivity index (χ1) is 13.7. The number of hydrogen-bond donors (Lipinski definition) is 0. The largest absolute Gasteiger partial charge is 0.463 e. The summed E-state index contributed by atoms with van der Waals surface area (Å²) >= 11 is 2.73. The van der Waals surface area contributed by atoms with Crippen LogP contribution in [-0.2, 0) is 42.9 Å². The quantitative estimate of drug-likeness (QED) is 0.424. The maximum absolute atomic E-state index is 11.7. The van der Waals surface area contributed by atoms with Crippen LogP contribution in [0.3, 0.4) is 0 Å². The minimum Gasteiger partial charge on any atom is -0.463 e. The first-order valence-electron chi connectivity index (χ1n) is 8.81. The van der Waals surface area contributed by atoms with Crippen LogP contribution in [-0.4, -0.2) is 77.0 Å². The van der Waals surface area contributed by atoms with E-state index in [0.29, 0.717) is 6.54 Å². The average molecular weight is 450 g/mol. The van der Waals surface area contributed by atoms with Crippen LogP contribution in [0, 0.1) is 0 Å². The number of esters is 4. The maximum atomic E-state index is 11.7. The van der Waals surface area contributed by atoms with Crippen molar-refractivity contribution in [3.8, 4) is 0 Å². The Kier molecular flexibility index (Phi) is 8.78. The molecule has 2 rings (SSSR count). The van der Waals surface area contributed by atoms with Crippen molar-refractivity contribution in [2.75, 3.05) is 18.9 Å².